The average Bonchev–Trinajstić information content (AvgIpc) is 2.73. The number of nitrogens with zero attached hydrogens (tertiary/aromatic N) is 2. The molecule has 0 atom stereocenters. The highest BCUT2D eigenvalue weighted by Crippen LogP contribution is 2.30. The molecule has 156 valence electrons. The Bertz CT molecular complexity index is 837. The highest BCUT2D eigenvalue weighted by Gasteiger charge is 2.19. The van der Waals surface area contributed by atoms with Gasteiger partial charge in [0.2, 0.25) is 0 Å². The Morgan fingerprint density at radius 3 is 2.41 bits per heavy atom. The third kappa shape index (κ3) is 5.59. The molecule has 0 amide bonds. The summed E-state index contributed by atoms with van der Waals surface area (Å²) in [6.07, 6.45) is 2.45. The molecule has 2 aromatic rings. The van der Waals surface area contributed by atoms with E-state index in [4.69, 9.17) is 27.9 Å². The topological polar surface area (TPSA) is 27.7 Å². The molecule has 2 saturated heterocycles. The van der Waals surface area contributed by atoms with E-state index < -0.39 is 0 Å². The summed E-state index contributed by atoms with van der Waals surface area (Å²) in [6.45, 7) is 7.02. The van der Waals surface area contributed by atoms with Crippen molar-refractivity contribution in [2.24, 2.45) is 0 Å². The zero-order valence-corrected chi connectivity index (χ0v) is 19.4. The van der Waals surface area contributed by atoms with Crippen molar-refractivity contribution in [3.05, 3.63) is 56.5 Å². The van der Waals surface area contributed by atoms with Crippen molar-refractivity contribution in [3.8, 4) is 5.75 Å². The molecule has 2 aliphatic heterocycles. The van der Waals surface area contributed by atoms with Crippen LogP contribution >= 0.6 is 39.1 Å². The first-order valence-electron chi connectivity index (χ1n) is 10.2. The van der Waals surface area contributed by atoms with Gasteiger partial charge in [-0.05, 0) is 77.8 Å². The fourth-order valence-corrected chi connectivity index (χ4v) is 4.75. The third-order valence-electron chi connectivity index (χ3n) is 5.62. The van der Waals surface area contributed by atoms with E-state index in [9.17, 15) is 0 Å². The van der Waals surface area contributed by atoms with Crippen LogP contribution in [0.4, 0.5) is 5.69 Å². The summed E-state index contributed by atoms with van der Waals surface area (Å²) in [5.41, 5.74) is 2.44. The van der Waals surface area contributed by atoms with Gasteiger partial charge >= 0.3 is 0 Å². The zero-order valence-electron chi connectivity index (χ0n) is 16.3. The lowest BCUT2D eigenvalue weighted by Crippen LogP contribution is -2.45. The molecule has 4 rings (SSSR count). The Labute approximate surface area is 191 Å². The van der Waals surface area contributed by atoms with Gasteiger partial charge in [-0.15, -0.1) is 0 Å². The maximum Gasteiger partial charge on any atom is 0.133 e. The standard InChI is InChI=1S/C22H26BrCl2N3O/c23-19-13-16(1-4-22(19)29-18-5-7-26-8-6-18)15-27-9-11-28(12-10-27)17-2-3-20(24)21(25)14-17/h1-4,13-14,18,26H,5-12,15H2. The van der Waals surface area contributed by atoms with Crippen LogP contribution in [0.25, 0.3) is 0 Å². The number of halogens is 3. The van der Waals surface area contributed by atoms with Crippen LogP contribution in [0.5, 0.6) is 5.75 Å². The summed E-state index contributed by atoms with van der Waals surface area (Å²) in [6, 6.07) is 12.4. The molecule has 0 spiro atoms. The van der Waals surface area contributed by atoms with Crippen LogP contribution in [0.15, 0.2) is 40.9 Å². The molecule has 2 heterocycles. The van der Waals surface area contributed by atoms with Gasteiger partial charge in [0.15, 0.2) is 0 Å². The SMILES string of the molecule is Clc1ccc(N2CCN(Cc3ccc(OC4CCNCC4)c(Br)c3)CC2)cc1Cl. The van der Waals surface area contributed by atoms with Crippen LogP contribution in [0.3, 0.4) is 0 Å². The first-order valence-corrected chi connectivity index (χ1v) is 11.7. The van der Waals surface area contributed by atoms with Crippen molar-refractivity contribution in [2.75, 3.05) is 44.2 Å². The normalized spacial score (nSPS) is 18.8. The number of benzene rings is 2. The Morgan fingerprint density at radius 2 is 1.72 bits per heavy atom. The number of piperidine rings is 1. The van der Waals surface area contributed by atoms with Crippen LogP contribution in [-0.4, -0.2) is 50.3 Å². The Hall–Kier alpha value is -0.980. The van der Waals surface area contributed by atoms with Crippen LogP contribution in [-0.2, 0) is 6.54 Å². The summed E-state index contributed by atoms with van der Waals surface area (Å²) >= 11 is 15.9. The minimum Gasteiger partial charge on any atom is -0.489 e. The van der Waals surface area contributed by atoms with E-state index in [1.54, 1.807) is 0 Å². The third-order valence-corrected chi connectivity index (χ3v) is 6.98. The van der Waals surface area contributed by atoms with Crippen LogP contribution in [0, 0.1) is 0 Å². The summed E-state index contributed by atoms with van der Waals surface area (Å²) in [5.74, 6) is 0.949. The monoisotopic (exact) mass is 497 g/mol. The first-order chi connectivity index (χ1) is 14.1. The molecule has 4 nitrogen and oxygen atoms in total. The van der Waals surface area contributed by atoms with Gasteiger partial charge in [0.1, 0.15) is 11.9 Å². The van der Waals surface area contributed by atoms with Gasteiger partial charge < -0.3 is 15.0 Å². The van der Waals surface area contributed by atoms with Crippen molar-refractivity contribution >= 4 is 44.8 Å². The van der Waals surface area contributed by atoms with Crippen LogP contribution in [0.1, 0.15) is 18.4 Å². The summed E-state index contributed by atoms with van der Waals surface area (Å²) in [7, 11) is 0. The predicted octanol–water partition coefficient (Wildman–Crippen LogP) is 5.21. The minimum absolute atomic E-state index is 0.313. The van der Waals surface area contributed by atoms with Gasteiger partial charge in [-0.2, -0.15) is 0 Å². The highest BCUT2D eigenvalue weighted by molar-refractivity contribution is 9.10. The lowest BCUT2D eigenvalue weighted by atomic mass is 10.1. The van der Waals surface area contributed by atoms with Crippen molar-refractivity contribution in [1.29, 1.82) is 0 Å². The van der Waals surface area contributed by atoms with E-state index in [1.807, 2.05) is 18.2 Å². The summed E-state index contributed by atoms with van der Waals surface area (Å²) in [4.78, 5) is 4.85. The van der Waals surface area contributed by atoms with Gasteiger partial charge in [0.05, 0.1) is 14.5 Å². The lowest BCUT2D eigenvalue weighted by molar-refractivity contribution is 0.161. The molecule has 0 aliphatic carbocycles. The summed E-state index contributed by atoms with van der Waals surface area (Å²) < 4.78 is 7.23. The van der Waals surface area contributed by atoms with Crippen molar-refractivity contribution in [3.63, 3.8) is 0 Å². The minimum atomic E-state index is 0.313. The van der Waals surface area contributed by atoms with Gasteiger partial charge in [0.25, 0.3) is 0 Å². The van der Waals surface area contributed by atoms with E-state index in [0.29, 0.717) is 16.1 Å². The second-order valence-corrected chi connectivity index (χ2v) is 9.36. The number of piperazine rings is 1. The van der Waals surface area contributed by atoms with Crippen molar-refractivity contribution < 1.29 is 4.74 Å². The number of hydrogen-bond acceptors (Lipinski definition) is 4. The van der Waals surface area contributed by atoms with E-state index >= 15 is 0 Å². The maximum atomic E-state index is 6.18. The predicted molar refractivity (Wildman–Crippen MR) is 125 cm³/mol. The van der Waals surface area contributed by atoms with Crippen molar-refractivity contribution in [2.45, 2.75) is 25.5 Å². The lowest BCUT2D eigenvalue weighted by Gasteiger charge is -2.36. The second kappa shape index (κ2) is 9.88. The van der Waals surface area contributed by atoms with Crippen LogP contribution in [0.2, 0.25) is 10.0 Å². The molecule has 29 heavy (non-hydrogen) atoms. The maximum absolute atomic E-state index is 6.18. The van der Waals surface area contributed by atoms with Crippen molar-refractivity contribution in [1.82, 2.24) is 10.2 Å². The number of anilines is 1. The van der Waals surface area contributed by atoms with Gasteiger partial charge in [-0.3, -0.25) is 4.90 Å². The molecule has 2 aliphatic rings. The molecule has 0 saturated carbocycles. The quantitative estimate of drug-likeness (QED) is 0.612. The highest BCUT2D eigenvalue weighted by atomic mass is 79.9. The molecular formula is C22H26BrCl2N3O. The molecule has 0 aromatic heterocycles. The molecule has 0 bridgehead atoms. The fourth-order valence-electron chi connectivity index (χ4n) is 3.94. The van der Waals surface area contributed by atoms with Crippen LogP contribution < -0.4 is 15.0 Å². The van der Waals surface area contributed by atoms with E-state index in [0.717, 1.165) is 74.6 Å². The largest absolute Gasteiger partial charge is 0.489 e. The molecule has 0 unspecified atom stereocenters. The molecular weight excluding hydrogens is 473 g/mol. The number of ether oxygens (including phenoxy) is 1. The van der Waals surface area contributed by atoms with E-state index in [1.165, 1.54) is 5.56 Å². The Morgan fingerprint density at radius 1 is 0.966 bits per heavy atom. The van der Waals surface area contributed by atoms with E-state index in [-0.39, 0.29) is 0 Å². The molecule has 1 N–H and O–H groups in total. The van der Waals surface area contributed by atoms with Gasteiger partial charge in [0, 0.05) is 38.4 Å². The number of rotatable bonds is 5. The first kappa shape index (κ1) is 21.3. The van der Waals surface area contributed by atoms with Gasteiger partial charge in [-0.25, -0.2) is 0 Å². The average molecular weight is 499 g/mol. The molecule has 2 aromatic carbocycles. The summed E-state index contributed by atoms with van der Waals surface area (Å²) in [5, 5.41) is 4.59. The van der Waals surface area contributed by atoms with Gasteiger partial charge in [-0.1, -0.05) is 29.3 Å². The molecule has 2 fully saturated rings. The molecule has 0 radical (unpaired) electrons. The molecule has 7 heteroatoms. The Kier molecular flexibility index (Phi) is 7.25. The van der Waals surface area contributed by atoms with E-state index in [2.05, 4.69) is 49.2 Å². The second-order valence-electron chi connectivity index (χ2n) is 7.69. The Balaban J connectivity index is 1.30. The fraction of sp³-hybridized carbons (Fsp3) is 0.455. The smallest absolute Gasteiger partial charge is 0.133 e. The zero-order chi connectivity index (χ0) is 20.2. The number of hydrogen-bond donors (Lipinski definition) is 1. The number of nitrogens with one attached hydrogen (secondary N) is 1.